The molecular formula is C20H27N7O5. The van der Waals surface area contributed by atoms with E-state index in [1.54, 1.807) is 7.11 Å². The number of oxazole rings is 1. The summed E-state index contributed by atoms with van der Waals surface area (Å²) < 4.78 is 12.9. The van der Waals surface area contributed by atoms with Gasteiger partial charge in [-0.1, -0.05) is 0 Å². The number of nitrogens with zero attached hydrogens (tertiary/aromatic N) is 6. The largest absolute Gasteiger partial charge is 0.483 e. The number of carbonyl (C=O) groups is 2. The molecule has 0 saturated carbocycles. The number of aromatic nitrogens is 5. The first kappa shape index (κ1) is 23.1. The van der Waals surface area contributed by atoms with Crippen molar-refractivity contribution in [2.24, 2.45) is 5.73 Å². The quantitative estimate of drug-likeness (QED) is 0.499. The van der Waals surface area contributed by atoms with Crippen LogP contribution in [0.5, 0.6) is 0 Å². The Hall–Kier alpha value is -3.54. The number of carbonyl (C=O) groups excluding carboxylic acids is 1. The fourth-order valence-corrected chi connectivity index (χ4v) is 3.64. The van der Waals surface area contributed by atoms with E-state index in [9.17, 15) is 4.79 Å². The number of ether oxygens (including phenoxy) is 1. The van der Waals surface area contributed by atoms with Crippen molar-refractivity contribution in [3.8, 4) is 0 Å². The normalized spacial score (nSPS) is 14.2. The molecule has 172 valence electrons. The molecule has 0 aromatic carbocycles. The average Bonchev–Trinajstić information content (AvgIpc) is 3.36. The molecule has 1 fully saturated rings. The van der Waals surface area contributed by atoms with Gasteiger partial charge in [-0.2, -0.15) is 10.1 Å². The molecule has 1 aliphatic heterocycles. The maximum Gasteiger partial charge on any atom is 0.299 e. The van der Waals surface area contributed by atoms with Crippen molar-refractivity contribution in [3.63, 3.8) is 0 Å². The Labute approximate surface area is 184 Å². The summed E-state index contributed by atoms with van der Waals surface area (Å²) in [5, 5.41) is 11.3. The Morgan fingerprint density at radius 3 is 2.69 bits per heavy atom. The van der Waals surface area contributed by atoms with Gasteiger partial charge in [-0.3, -0.25) is 9.59 Å². The number of pyridine rings is 1. The lowest BCUT2D eigenvalue weighted by Gasteiger charge is -2.30. The predicted molar refractivity (Wildman–Crippen MR) is 114 cm³/mol. The van der Waals surface area contributed by atoms with Crippen LogP contribution in [0.25, 0.3) is 11.2 Å². The lowest BCUT2D eigenvalue weighted by molar-refractivity contribution is -0.123. The Morgan fingerprint density at radius 1 is 1.31 bits per heavy atom. The molecule has 0 unspecified atom stereocenters. The second-order valence-electron chi connectivity index (χ2n) is 7.38. The predicted octanol–water partition coefficient (Wildman–Crippen LogP) is 0.882. The van der Waals surface area contributed by atoms with Crippen molar-refractivity contribution in [2.45, 2.75) is 38.6 Å². The number of fused-ring (bicyclic) bond motifs is 1. The zero-order chi connectivity index (χ0) is 23.1. The molecule has 1 amide bonds. The topological polar surface area (TPSA) is 162 Å². The maximum absolute atomic E-state index is 11.3. The van der Waals surface area contributed by atoms with Gasteiger partial charge in [0, 0.05) is 31.8 Å². The van der Waals surface area contributed by atoms with Crippen molar-refractivity contribution < 1.29 is 23.8 Å². The van der Waals surface area contributed by atoms with Crippen LogP contribution in [0.3, 0.4) is 0 Å². The lowest BCUT2D eigenvalue weighted by atomic mass is 9.96. The maximum atomic E-state index is 11.3. The first-order chi connectivity index (χ1) is 15.4. The number of hydrogen-bond acceptors (Lipinski definition) is 9. The fourth-order valence-electron chi connectivity index (χ4n) is 3.64. The van der Waals surface area contributed by atoms with Crippen LogP contribution in [-0.2, 0) is 27.3 Å². The molecule has 3 N–H and O–H groups in total. The Bertz CT molecular complexity index is 1060. The molecule has 0 bridgehead atoms. The van der Waals surface area contributed by atoms with Crippen LogP contribution in [0, 0.1) is 6.92 Å². The number of anilines is 1. The summed E-state index contributed by atoms with van der Waals surface area (Å²) in [4.78, 5) is 35.3. The summed E-state index contributed by atoms with van der Waals surface area (Å²) in [6, 6.07) is 4.42. The summed E-state index contributed by atoms with van der Waals surface area (Å²) in [7, 11) is 1.65. The van der Waals surface area contributed by atoms with Crippen LogP contribution in [0.15, 0.2) is 16.5 Å². The van der Waals surface area contributed by atoms with Gasteiger partial charge in [-0.15, -0.1) is 0 Å². The standard InChI is InChI=1S/C19H25N7O3.CH2O2/c1-12-3-4-14-17(21-12)23-19(29-14)25-7-5-13(6-8-25)18-22-16(11-15(20)27)24-26(18)9-10-28-2;2-1-3/h3-4,13H,5-11H2,1-2H3,(H2,20,27);1H,(H,2,3). The van der Waals surface area contributed by atoms with Gasteiger partial charge in [-0.25, -0.2) is 14.6 Å². The molecule has 12 nitrogen and oxygen atoms in total. The minimum atomic E-state index is -0.435. The fraction of sp³-hybridized carbons (Fsp3) is 0.500. The van der Waals surface area contributed by atoms with E-state index in [0.29, 0.717) is 36.2 Å². The van der Waals surface area contributed by atoms with Gasteiger partial charge in [0.1, 0.15) is 5.82 Å². The van der Waals surface area contributed by atoms with Crippen molar-refractivity contribution in [2.75, 3.05) is 31.7 Å². The Kier molecular flexibility index (Phi) is 7.71. The summed E-state index contributed by atoms with van der Waals surface area (Å²) in [5.41, 5.74) is 7.55. The average molecular weight is 445 g/mol. The summed E-state index contributed by atoms with van der Waals surface area (Å²) in [6.07, 6.45) is 1.81. The van der Waals surface area contributed by atoms with Gasteiger partial charge < -0.3 is 24.9 Å². The van der Waals surface area contributed by atoms with E-state index in [1.165, 1.54) is 0 Å². The number of hydrogen-bond donors (Lipinski definition) is 2. The molecule has 1 aliphatic rings. The van der Waals surface area contributed by atoms with Gasteiger partial charge in [0.25, 0.3) is 12.5 Å². The van der Waals surface area contributed by atoms with Crippen molar-refractivity contribution in [3.05, 3.63) is 29.5 Å². The number of piperidine rings is 1. The number of rotatable bonds is 7. The molecule has 0 atom stereocenters. The highest BCUT2D eigenvalue weighted by Crippen LogP contribution is 2.30. The molecule has 4 rings (SSSR count). The SMILES string of the molecule is COCCn1nc(CC(N)=O)nc1C1CCN(c2nc3nc(C)ccc3o2)CC1.O=CO. The van der Waals surface area contributed by atoms with E-state index in [4.69, 9.17) is 24.8 Å². The summed E-state index contributed by atoms with van der Waals surface area (Å²) in [5.74, 6) is 1.15. The van der Waals surface area contributed by atoms with E-state index < -0.39 is 5.91 Å². The smallest absolute Gasteiger partial charge is 0.299 e. The molecule has 32 heavy (non-hydrogen) atoms. The number of methoxy groups -OCH3 is 1. The number of carboxylic acid groups (broad SMARTS) is 1. The lowest BCUT2D eigenvalue weighted by Crippen LogP contribution is -2.34. The third kappa shape index (κ3) is 5.58. The van der Waals surface area contributed by atoms with Gasteiger partial charge in [0.05, 0.1) is 19.6 Å². The highest BCUT2D eigenvalue weighted by atomic mass is 16.5. The Balaban J connectivity index is 0.000000913. The molecule has 3 aromatic heterocycles. The molecule has 4 heterocycles. The highest BCUT2D eigenvalue weighted by Gasteiger charge is 2.28. The van der Waals surface area contributed by atoms with Crippen molar-refractivity contribution >= 4 is 29.6 Å². The van der Waals surface area contributed by atoms with E-state index in [-0.39, 0.29) is 18.8 Å². The monoisotopic (exact) mass is 445 g/mol. The van der Waals surface area contributed by atoms with E-state index in [2.05, 4.69) is 25.0 Å². The van der Waals surface area contributed by atoms with Crippen LogP contribution >= 0.6 is 0 Å². The third-order valence-electron chi connectivity index (χ3n) is 5.10. The van der Waals surface area contributed by atoms with Crippen LogP contribution < -0.4 is 10.6 Å². The van der Waals surface area contributed by atoms with Crippen LogP contribution in [0.2, 0.25) is 0 Å². The molecule has 1 saturated heterocycles. The zero-order valence-electron chi connectivity index (χ0n) is 18.1. The van der Waals surface area contributed by atoms with Gasteiger partial charge in [0.15, 0.2) is 11.4 Å². The van der Waals surface area contributed by atoms with Gasteiger partial charge in [0.2, 0.25) is 11.6 Å². The molecule has 12 heteroatoms. The number of primary amides is 1. The van der Waals surface area contributed by atoms with Gasteiger partial charge in [-0.05, 0) is 31.9 Å². The van der Waals surface area contributed by atoms with E-state index in [0.717, 1.165) is 37.4 Å². The first-order valence-corrected chi connectivity index (χ1v) is 10.2. The molecule has 0 spiro atoms. The van der Waals surface area contributed by atoms with Crippen LogP contribution in [0.1, 0.15) is 36.1 Å². The summed E-state index contributed by atoms with van der Waals surface area (Å²) in [6.45, 7) is 4.39. The molecule has 3 aromatic rings. The minimum absolute atomic E-state index is 0.0428. The summed E-state index contributed by atoms with van der Waals surface area (Å²) >= 11 is 0. The number of nitrogens with two attached hydrogens (primary N) is 1. The highest BCUT2D eigenvalue weighted by molar-refractivity contribution is 5.75. The van der Waals surface area contributed by atoms with E-state index in [1.807, 2.05) is 23.7 Å². The molecule has 0 aliphatic carbocycles. The van der Waals surface area contributed by atoms with Crippen molar-refractivity contribution in [1.82, 2.24) is 24.7 Å². The van der Waals surface area contributed by atoms with E-state index >= 15 is 0 Å². The molecule has 0 radical (unpaired) electrons. The second kappa shape index (κ2) is 10.7. The zero-order valence-corrected chi connectivity index (χ0v) is 18.1. The Morgan fingerprint density at radius 2 is 2.03 bits per heavy atom. The first-order valence-electron chi connectivity index (χ1n) is 10.2. The van der Waals surface area contributed by atoms with Gasteiger partial charge >= 0.3 is 0 Å². The molecular weight excluding hydrogens is 418 g/mol. The van der Waals surface area contributed by atoms with Crippen molar-refractivity contribution in [1.29, 1.82) is 0 Å². The third-order valence-corrected chi connectivity index (χ3v) is 5.10. The number of aryl methyl sites for hydroxylation is 1. The number of amides is 1. The minimum Gasteiger partial charge on any atom is -0.483 e. The second-order valence-corrected chi connectivity index (χ2v) is 7.38. The van der Waals surface area contributed by atoms with Crippen LogP contribution in [0.4, 0.5) is 6.01 Å². The van der Waals surface area contributed by atoms with Crippen LogP contribution in [-0.4, -0.2) is 69.0 Å².